The molecule has 0 radical (unpaired) electrons. The predicted octanol–water partition coefficient (Wildman–Crippen LogP) is 5.19. The molecular weight excluding hydrogens is 336 g/mol. The van der Waals surface area contributed by atoms with Crippen molar-refractivity contribution in [3.63, 3.8) is 0 Å². The van der Waals surface area contributed by atoms with Crippen LogP contribution in [0.4, 0.5) is 0 Å². The molecule has 3 fully saturated rings. The lowest BCUT2D eigenvalue weighted by Gasteiger charge is -2.56. The Labute approximate surface area is 164 Å². The van der Waals surface area contributed by atoms with Crippen molar-refractivity contribution in [1.82, 2.24) is 0 Å². The van der Waals surface area contributed by atoms with Gasteiger partial charge in [-0.25, -0.2) is 0 Å². The maximum Gasteiger partial charge on any atom is 0.308 e. The quantitative estimate of drug-likeness (QED) is 0.627. The molecule has 3 nitrogen and oxygen atoms in total. The van der Waals surface area contributed by atoms with Crippen molar-refractivity contribution in [3.05, 3.63) is 11.6 Å². The zero-order valence-corrected chi connectivity index (χ0v) is 17.7. The monoisotopic (exact) mass is 372 g/mol. The van der Waals surface area contributed by atoms with Crippen LogP contribution in [0.25, 0.3) is 0 Å². The van der Waals surface area contributed by atoms with E-state index in [0.717, 1.165) is 24.7 Å². The Kier molecular flexibility index (Phi) is 4.59. The van der Waals surface area contributed by atoms with Crippen LogP contribution < -0.4 is 0 Å². The molecule has 0 heterocycles. The number of hydrogen-bond donors (Lipinski definition) is 0. The topological polar surface area (TPSA) is 43.4 Å². The second kappa shape index (κ2) is 6.46. The second-order valence-corrected chi connectivity index (χ2v) is 10.5. The van der Waals surface area contributed by atoms with E-state index in [1.165, 1.54) is 44.8 Å². The van der Waals surface area contributed by atoms with Crippen LogP contribution in [0.2, 0.25) is 0 Å². The van der Waals surface area contributed by atoms with E-state index in [2.05, 4.69) is 26.8 Å². The summed E-state index contributed by atoms with van der Waals surface area (Å²) in [5.74, 6) is 2.53. The molecule has 27 heavy (non-hydrogen) atoms. The highest BCUT2D eigenvalue weighted by molar-refractivity contribution is 5.98. The molecule has 0 saturated heterocycles. The first-order valence-electron chi connectivity index (χ1n) is 11.1. The van der Waals surface area contributed by atoms with Crippen LogP contribution >= 0.6 is 0 Å². The van der Waals surface area contributed by atoms with E-state index in [0.29, 0.717) is 11.8 Å². The molecule has 3 heteroatoms. The van der Waals surface area contributed by atoms with E-state index >= 15 is 0 Å². The van der Waals surface area contributed by atoms with Crippen molar-refractivity contribution >= 4 is 11.8 Å². The second-order valence-electron chi connectivity index (χ2n) is 10.5. The summed E-state index contributed by atoms with van der Waals surface area (Å²) in [5, 5.41) is 0. The van der Waals surface area contributed by atoms with Gasteiger partial charge in [0.25, 0.3) is 0 Å². The number of rotatable bonds is 2. The van der Waals surface area contributed by atoms with Gasteiger partial charge in [0.1, 0.15) is 0 Å². The summed E-state index contributed by atoms with van der Waals surface area (Å²) in [5.41, 5.74) is 1.30. The standard InChI is InChI=1S/C24H36O3/c1-14-10-11-23(3)16(12-14)6-7-17-19-9-8-18(15(2)22(26)27-5)24(19,4)21(25)13-20(17)23/h13-19H,6-12H2,1-5H3/t14-,15+,16-,17?,18-,19?,23+,24-/m1/s1. The maximum absolute atomic E-state index is 13.5. The van der Waals surface area contributed by atoms with Crippen LogP contribution in [0, 0.1) is 46.3 Å². The summed E-state index contributed by atoms with van der Waals surface area (Å²) in [6.07, 6.45) is 10.5. The minimum atomic E-state index is -0.396. The van der Waals surface area contributed by atoms with Gasteiger partial charge in [0, 0.05) is 5.41 Å². The smallest absolute Gasteiger partial charge is 0.308 e. The van der Waals surface area contributed by atoms with Gasteiger partial charge < -0.3 is 4.74 Å². The van der Waals surface area contributed by atoms with Gasteiger partial charge in [-0.05, 0) is 86.0 Å². The van der Waals surface area contributed by atoms with Crippen molar-refractivity contribution in [2.45, 2.75) is 72.6 Å². The lowest BCUT2D eigenvalue weighted by atomic mass is 9.47. The highest BCUT2D eigenvalue weighted by Crippen LogP contribution is 2.65. The van der Waals surface area contributed by atoms with Crippen LogP contribution in [0.3, 0.4) is 0 Å². The van der Waals surface area contributed by atoms with Gasteiger partial charge in [0.2, 0.25) is 0 Å². The van der Waals surface area contributed by atoms with Crippen LogP contribution in [0.5, 0.6) is 0 Å². The molecule has 0 aromatic rings. The van der Waals surface area contributed by atoms with Gasteiger partial charge >= 0.3 is 5.97 Å². The Bertz CT molecular complexity index is 679. The highest BCUT2D eigenvalue weighted by atomic mass is 16.5. The van der Waals surface area contributed by atoms with Crippen LogP contribution in [-0.2, 0) is 14.3 Å². The average Bonchev–Trinajstić information content (AvgIpc) is 3.01. The third-order valence-corrected chi connectivity index (χ3v) is 9.44. The Morgan fingerprint density at radius 1 is 1.19 bits per heavy atom. The minimum Gasteiger partial charge on any atom is -0.469 e. The van der Waals surface area contributed by atoms with Crippen LogP contribution in [0.15, 0.2) is 11.6 Å². The van der Waals surface area contributed by atoms with E-state index in [1.807, 2.05) is 6.92 Å². The Morgan fingerprint density at radius 2 is 1.93 bits per heavy atom. The molecule has 4 aliphatic rings. The molecule has 0 spiro atoms. The Morgan fingerprint density at radius 3 is 2.63 bits per heavy atom. The number of ketones is 1. The number of hydrogen-bond acceptors (Lipinski definition) is 3. The molecule has 0 aromatic carbocycles. The van der Waals surface area contributed by atoms with E-state index in [-0.39, 0.29) is 29.0 Å². The van der Waals surface area contributed by atoms with Gasteiger partial charge in [-0.2, -0.15) is 0 Å². The normalized spacial score (nSPS) is 47.4. The number of ether oxygens (including phenoxy) is 1. The van der Waals surface area contributed by atoms with Crippen molar-refractivity contribution in [2.75, 3.05) is 7.11 Å². The first-order chi connectivity index (χ1) is 12.7. The molecule has 4 aliphatic carbocycles. The first kappa shape index (κ1) is 19.2. The number of fused-ring (bicyclic) bond motifs is 5. The first-order valence-corrected chi connectivity index (χ1v) is 11.1. The van der Waals surface area contributed by atoms with E-state index in [4.69, 9.17) is 4.74 Å². The van der Waals surface area contributed by atoms with Crippen molar-refractivity contribution < 1.29 is 14.3 Å². The van der Waals surface area contributed by atoms with Crippen molar-refractivity contribution in [2.24, 2.45) is 46.3 Å². The number of carbonyl (C=O) groups excluding carboxylic acids is 2. The molecule has 4 rings (SSSR count). The summed E-state index contributed by atoms with van der Waals surface area (Å²) >= 11 is 0. The molecule has 0 aliphatic heterocycles. The van der Waals surface area contributed by atoms with Gasteiger partial charge in [0.15, 0.2) is 5.78 Å². The molecular formula is C24H36O3. The highest BCUT2D eigenvalue weighted by Gasteiger charge is 2.61. The van der Waals surface area contributed by atoms with E-state index in [9.17, 15) is 9.59 Å². The average molecular weight is 373 g/mol. The molecule has 0 N–H and O–H groups in total. The Hall–Kier alpha value is -1.12. The maximum atomic E-state index is 13.5. The third-order valence-electron chi connectivity index (χ3n) is 9.44. The molecule has 2 unspecified atom stereocenters. The summed E-state index contributed by atoms with van der Waals surface area (Å²) in [6.45, 7) is 8.94. The van der Waals surface area contributed by atoms with Gasteiger partial charge in [0.05, 0.1) is 13.0 Å². The number of allylic oxidation sites excluding steroid dienone is 2. The number of methoxy groups -OCH3 is 1. The lowest BCUT2D eigenvalue weighted by molar-refractivity contribution is -0.150. The largest absolute Gasteiger partial charge is 0.469 e. The molecule has 0 amide bonds. The van der Waals surface area contributed by atoms with Crippen LogP contribution in [-0.4, -0.2) is 18.9 Å². The van der Waals surface area contributed by atoms with E-state index < -0.39 is 5.41 Å². The summed E-state index contributed by atoms with van der Waals surface area (Å²) < 4.78 is 5.02. The molecule has 0 aromatic heterocycles. The van der Waals surface area contributed by atoms with Gasteiger partial charge in [-0.15, -0.1) is 0 Å². The SMILES string of the molecule is COC(=O)[C@@H](C)[C@H]1CCC2C3CC[C@@H]4C[C@H](C)CC[C@]4(C)C3=CC(=O)[C@@]21C. The number of carbonyl (C=O) groups is 2. The van der Waals surface area contributed by atoms with E-state index in [1.54, 1.807) is 0 Å². The number of esters is 1. The molecule has 3 saturated carbocycles. The fraction of sp³-hybridized carbons (Fsp3) is 0.833. The zero-order valence-electron chi connectivity index (χ0n) is 17.7. The fourth-order valence-electron chi connectivity index (χ4n) is 7.71. The summed E-state index contributed by atoms with van der Waals surface area (Å²) in [6, 6.07) is 0. The van der Waals surface area contributed by atoms with Crippen molar-refractivity contribution in [3.8, 4) is 0 Å². The zero-order chi connectivity index (χ0) is 19.6. The van der Waals surface area contributed by atoms with Gasteiger partial charge in [-0.1, -0.05) is 33.3 Å². The van der Waals surface area contributed by atoms with Gasteiger partial charge in [-0.3, -0.25) is 9.59 Å². The fourth-order valence-corrected chi connectivity index (χ4v) is 7.71. The molecule has 0 bridgehead atoms. The Balaban J connectivity index is 1.70. The summed E-state index contributed by atoms with van der Waals surface area (Å²) in [4.78, 5) is 25.8. The molecule has 150 valence electrons. The van der Waals surface area contributed by atoms with Crippen LogP contribution in [0.1, 0.15) is 72.6 Å². The molecule has 8 atom stereocenters. The third kappa shape index (κ3) is 2.59. The minimum absolute atomic E-state index is 0.108. The van der Waals surface area contributed by atoms with Crippen molar-refractivity contribution in [1.29, 1.82) is 0 Å². The predicted molar refractivity (Wildman–Crippen MR) is 106 cm³/mol. The lowest BCUT2D eigenvalue weighted by Crippen LogP contribution is -2.52. The summed E-state index contributed by atoms with van der Waals surface area (Å²) in [7, 11) is 1.46.